The monoisotopic (exact) mass is 200 g/mol. The Morgan fingerprint density at radius 2 is 2.23 bits per heavy atom. The summed E-state index contributed by atoms with van der Waals surface area (Å²) in [7, 11) is 0. The van der Waals surface area contributed by atoms with Crippen molar-refractivity contribution in [3.8, 4) is 0 Å². The first-order valence-electron chi connectivity index (χ1n) is 4.18. The summed E-state index contributed by atoms with van der Waals surface area (Å²) in [5.41, 5.74) is 0.487. The summed E-state index contributed by atoms with van der Waals surface area (Å²) in [6.45, 7) is 4.81. The zero-order valence-corrected chi connectivity index (χ0v) is 8.49. The lowest BCUT2D eigenvalue weighted by Gasteiger charge is -2.01. The van der Waals surface area contributed by atoms with Crippen LogP contribution in [0.1, 0.15) is 13.8 Å². The normalized spacial score (nSPS) is 12.5. The van der Waals surface area contributed by atoms with Crippen LogP contribution >= 0.6 is 11.6 Å². The van der Waals surface area contributed by atoms with Crippen molar-refractivity contribution in [2.45, 2.75) is 13.8 Å². The second-order valence-corrected chi connectivity index (χ2v) is 3.64. The van der Waals surface area contributed by atoms with Gasteiger partial charge in [0, 0.05) is 6.54 Å². The molecule has 0 saturated carbocycles. The molecule has 0 spiro atoms. The maximum absolute atomic E-state index is 9.40. The average Bonchev–Trinajstić information content (AvgIpc) is 2.07. The number of nitrogens with zero attached hydrogens (tertiary/aromatic N) is 2. The molecule has 13 heavy (non-hydrogen) atoms. The van der Waals surface area contributed by atoms with Gasteiger partial charge in [-0.25, -0.2) is 0 Å². The molecule has 0 unspecified atom stereocenters. The van der Waals surface area contributed by atoms with Gasteiger partial charge in [-0.1, -0.05) is 31.5 Å². The predicted octanol–water partition coefficient (Wildman–Crippen LogP) is 1.94. The third-order valence-corrected chi connectivity index (χ3v) is 1.80. The molecule has 0 aliphatic heterocycles. The molecule has 0 radical (unpaired) electrons. The molecule has 0 aliphatic carbocycles. The van der Waals surface area contributed by atoms with Gasteiger partial charge in [0.25, 0.3) is 0 Å². The lowest BCUT2D eigenvalue weighted by atomic mass is 10.2. The largest absolute Gasteiger partial charge is 0.426 e. The summed E-state index contributed by atoms with van der Waals surface area (Å²) >= 11 is 5.68. The summed E-state index contributed by atoms with van der Waals surface area (Å²) in [6, 6.07) is 5.08. The second-order valence-electron chi connectivity index (χ2n) is 3.25. The molecular weight excluding hydrogens is 188 g/mol. The molecule has 1 aromatic heterocycles. The number of hydrogen-bond donors (Lipinski definition) is 1. The van der Waals surface area contributed by atoms with Crippen LogP contribution in [0.5, 0.6) is 0 Å². The van der Waals surface area contributed by atoms with Gasteiger partial charge in [-0.15, -0.1) is 0 Å². The first-order valence-corrected chi connectivity index (χ1v) is 4.56. The molecule has 0 amide bonds. The summed E-state index contributed by atoms with van der Waals surface area (Å²) in [6.07, 6.45) is 0. The number of pyridine rings is 1. The van der Waals surface area contributed by atoms with Crippen molar-refractivity contribution in [3.63, 3.8) is 0 Å². The Labute approximate surface area is 82.3 Å². The van der Waals surface area contributed by atoms with Gasteiger partial charge >= 0.3 is 0 Å². The van der Waals surface area contributed by atoms with E-state index >= 15 is 0 Å². The van der Waals surface area contributed by atoms with Gasteiger partial charge in [0.15, 0.2) is 5.49 Å². The van der Waals surface area contributed by atoms with Gasteiger partial charge < -0.3 is 5.21 Å². The van der Waals surface area contributed by atoms with E-state index in [1.165, 1.54) is 0 Å². The third-order valence-electron chi connectivity index (χ3n) is 1.52. The minimum Gasteiger partial charge on any atom is -0.426 e. The van der Waals surface area contributed by atoms with Crippen LogP contribution in [0.15, 0.2) is 23.2 Å². The van der Waals surface area contributed by atoms with Gasteiger partial charge in [-0.2, -0.15) is 4.73 Å². The molecular formula is C9H13ClN2O. The molecule has 1 heterocycles. The topological polar surface area (TPSA) is 37.5 Å². The van der Waals surface area contributed by atoms with Gasteiger partial charge in [0.05, 0.1) is 0 Å². The molecule has 0 atom stereocenters. The number of hydrogen-bond acceptors (Lipinski definition) is 2. The van der Waals surface area contributed by atoms with Crippen LogP contribution in [0.25, 0.3) is 0 Å². The van der Waals surface area contributed by atoms with E-state index in [0.29, 0.717) is 18.0 Å². The lowest BCUT2D eigenvalue weighted by Crippen LogP contribution is -2.19. The first kappa shape index (κ1) is 10.1. The molecule has 4 heteroatoms. The van der Waals surface area contributed by atoms with E-state index in [0.717, 1.165) is 4.73 Å². The van der Waals surface area contributed by atoms with Crippen molar-refractivity contribution in [3.05, 3.63) is 28.8 Å². The Bertz CT molecular complexity index is 344. The van der Waals surface area contributed by atoms with Crippen LogP contribution in [0.4, 0.5) is 0 Å². The van der Waals surface area contributed by atoms with Crippen LogP contribution < -0.4 is 5.49 Å². The summed E-state index contributed by atoms with van der Waals surface area (Å²) in [5.74, 6) is 0.471. The molecule has 72 valence electrons. The van der Waals surface area contributed by atoms with Crippen LogP contribution in [0.3, 0.4) is 0 Å². The van der Waals surface area contributed by atoms with Gasteiger partial charge in [-0.05, 0) is 18.1 Å². The fraction of sp³-hybridized carbons (Fsp3) is 0.444. The Kier molecular flexibility index (Phi) is 3.37. The van der Waals surface area contributed by atoms with E-state index in [9.17, 15) is 5.21 Å². The van der Waals surface area contributed by atoms with E-state index in [1.54, 1.807) is 18.2 Å². The molecule has 1 N–H and O–H groups in total. The Balaban J connectivity index is 3.01. The minimum atomic E-state index is 0.269. The Morgan fingerprint density at radius 3 is 2.85 bits per heavy atom. The van der Waals surface area contributed by atoms with Gasteiger partial charge in [0.1, 0.15) is 5.15 Å². The zero-order chi connectivity index (χ0) is 9.84. The van der Waals surface area contributed by atoms with Crippen LogP contribution in [-0.2, 0) is 0 Å². The fourth-order valence-electron chi connectivity index (χ4n) is 0.860. The lowest BCUT2D eigenvalue weighted by molar-refractivity contribution is 0.172. The molecule has 0 aliphatic rings. The maximum Gasteiger partial charge on any atom is 0.165 e. The van der Waals surface area contributed by atoms with Crippen molar-refractivity contribution >= 4 is 11.6 Å². The van der Waals surface area contributed by atoms with Crippen molar-refractivity contribution in [1.29, 1.82) is 0 Å². The van der Waals surface area contributed by atoms with Gasteiger partial charge in [-0.3, -0.25) is 4.99 Å². The highest BCUT2D eigenvalue weighted by Gasteiger charge is 1.95. The van der Waals surface area contributed by atoms with E-state index in [2.05, 4.69) is 18.8 Å². The van der Waals surface area contributed by atoms with Gasteiger partial charge in [0.2, 0.25) is 0 Å². The summed E-state index contributed by atoms with van der Waals surface area (Å²) in [5, 5.41) is 9.67. The van der Waals surface area contributed by atoms with Crippen molar-refractivity contribution in [2.24, 2.45) is 10.9 Å². The highest BCUT2D eigenvalue weighted by atomic mass is 35.5. The zero-order valence-electron chi connectivity index (χ0n) is 7.74. The van der Waals surface area contributed by atoms with E-state index in [-0.39, 0.29) is 5.15 Å². The fourth-order valence-corrected chi connectivity index (χ4v) is 1.02. The molecule has 0 bridgehead atoms. The highest BCUT2D eigenvalue weighted by molar-refractivity contribution is 6.29. The minimum absolute atomic E-state index is 0.269. The molecule has 3 nitrogen and oxygen atoms in total. The molecule has 0 aromatic carbocycles. The molecule has 1 aromatic rings. The van der Waals surface area contributed by atoms with Crippen molar-refractivity contribution in [2.75, 3.05) is 6.54 Å². The van der Waals surface area contributed by atoms with Crippen LogP contribution in [-0.4, -0.2) is 16.5 Å². The first-order chi connectivity index (χ1) is 6.11. The Morgan fingerprint density at radius 1 is 1.54 bits per heavy atom. The maximum atomic E-state index is 9.40. The highest BCUT2D eigenvalue weighted by Crippen LogP contribution is 2.00. The van der Waals surface area contributed by atoms with Crippen molar-refractivity contribution in [1.82, 2.24) is 4.73 Å². The number of aromatic nitrogens is 1. The van der Waals surface area contributed by atoms with E-state index < -0.39 is 0 Å². The smallest absolute Gasteiger partial charge is 0.165 e. The summed E-state index contributed by atoms with van der Waals surface area (Å²) < 4.78 is 0.879. The van der Waals surface area contributed by atoms with E-state index in [4.69, 9.17) is 11.6 Å². The van der Waals surface area contributed by atoms with Crippen LogP contribution in [0.2, 0.25) is 5.15 Å². The Hall–Kier alpha value is -0.960. The number of halogens is 1. The SMILES string of the molecule is CC(C)CN=c1cccc(Cl)n1O. The van der Waals surface area contributed by atoms with E-state index in [1.807, 2.05) is 0 Å². The molecule has 0 saturated heterocycles. The van der Waals surface area contributed by atoms with Crippen LogP contribution in [0, 0.1) is 5.92 Å². The molecule has 0 fully saturated rings. The third kappa shape index (κ3) is 2.77. The average molecular weight is 201 g/mol. The summed E-state index contributed by atoms with van der Waals surface area (Å²) in [4.78, 5) is 4.19. The number of rotatable bonds is 2. The second kappa shape index (κ2) is 4.33. The quantitative estimate of drug-likeness (QED) is 0.575. The molecule has 1 rings (SSSR count). The standard InChI is InChI=1S/C9H13ClN2O/c1-7(2)6-11-9-5-3-4-8(10)12(9)13/h3-5,7,13H,6H2,1-2H3. The van der Waals surface area contributed by atoms with Crippen molar-refractivity contribution < 1.29 is 5.21 Å². The predicted molar refractivity (Wildman–Crippen MR) is 51.9 cm³/mol.